The lowest BCUT2D eigenvalue weighted by Gasteiger charge is -2.36. The number of benzene rings is 1. The topological polar surface area (TPSA) is 26.3 Å². The SMILES string of the molecule is CC(C)(C)[Si](C)(C)OCC/C=C/[S@](=O)c1ccccc1. The van der Waals surface area contributed by atoms with Crippen LogP contribution in [0.5, 0.6) is 0 Å². The Morgan fingerprint density at radius 1 is 1.20 bits per heavy atom. The predicted octanol–water partition coefficient (Wildman–Crippen LogP) is 4.72. The van der Waals surface area contributed by atoms with Crippen molar-refractivity contribution >= 4 is 19.1 Å². The van der Waals surface area contributed by atoms with Crippen LogP contribution >= 0.6 is 0 Å². The second kappa shape index (κ2) is 7.34. The van der Waals surface area contributed by atoms with Gasteiger partial charge in [0.05, 0.1) is 10.8 Å². The van der Waals surface area contributed by atoms with Gasteiger partial charge in [-0.05, 0) is 36.7 Å². The van der Waals surface area contributed by atoms with Crippen LogP contribution in [0.4, 0.5) is 0 Å². The average molecular weight is 311 g/mol. The van der Waals surface area contributed by atoms with E-state index in [4.69, 9.17) is 4.43 Å². The average Bonchev–Trinajstić information content (AvgIpc) is 2.37. The van der Waals surface area contributed by atoms with Gasteiger partial charge in [0.15, 0.2) is 8.32 Å². The first-order chi connectivity index (χ1) is 9.24. The van der Waals surface area contributed by atoms with Gasteiger partial charge in [0.25, 0.3) is 0 Å². The van der Waals surface area contributed by atoms with Crippen LogP contribution in [-0.2, 0) is 15.2 Å². The molecule has 1 atom stereocenters. The van der Waals surface area contributed by atoms with Crippen LogP contribution in [-0.4, -0.2) is 19.1 Å². The van der Waals surface area contributed by atoms with Gasteiger partial charge in [-0.3, -0.25) is 0 Å². The highest BCUT2D eigenvalue weighted by molar-refractivity contribution is 7.88. The summed E-state index contributed by atoms with van der Waals surface area (Å²) in [7, 11) is -2.71. The summed E-state index contributed by atoms with van der Waals surface area (Å²) in [6.07, 6.45) is 2.77. The van der Waals surface area contributed by atoms with Gasteiger partial charge >= 0.3 is 0 Å². The summed E-state index contributed by atoms with van der Waals surface area (Å²) in [5.41, 5.74) is 0. The standard InChI is InChI=1S/C16H26O2SSi/c1-16(2,3)20(4,5)18-13-9-10-14-19(17)15-11-7-6-8-12-15/h6-8,10-12,14H,9,13H2,1-5H3/b14-10+/t19-/m0/s1. The van der Waals surface area contributed by atoms with E-state index in [-0.39, 0.29) is 5.04 Å². The maximum atomic E-state index is 12.0. The Hall–Kier alpha value is -0.713. The molecule has 0 saturated carbocycles. The monoisotopic (exact) mass is 310 g/mol. The summed E-state index contributed by atoms with van der Waals surface area (Å²) in [5.74, 6) is 0. The first-order valence-corrected chi connectivity index (χ1v) is 11.1. The van der Waals surface area contributed by atoms with Crippen molar-refractivity contribution in [3.05, 3.63) is 41.8 Å². The summed E-state index contributed by atoms with van der Waals surface area (Å²) >= 11 is 0. The molecule has 0 fully saturated rings. The van der Waals surface area contributed by atoms with E-state index in [1.165, 1.54) is 0 Å². The minimum absolute atomic E-state index is 0.240. The number of hydrogen-bond donors (Lipinski definition) is 0. The minimum Gasteiger partial charge on any atom is -0.417 e. The molecule has 0 aliphatic heterocycles. The third-order valence-corrected chi connectivity index (χ3v) is 9.46. The Morgan fingerprint density at radius 3 is 2.35 bits per heavy atom. The van der Waals surface area contributed by atoms with E-state index in [9.17, 15) is 4.21 Å². The van der Waals surface area contributed by atoms with Gasteiger partial charge < -0.3 is 4.43 Å². The molecular weight excluding hydrogens is 284 g/mol. The molecule has 4 heteroatoms. The van der Waals surface area contributed by atoms with E-state index in [1.54, 1.807) is 5.41 Å². The number of rotatable bonds is 6. The van der Waals surface area contributed by atoms with E-state index in [2.05, 4.69) is 33.9 Å². The third kappa shape index (κ3) is 5.35. The van der Waals surface area contributed by atoms with Crippen LogP contribution in [0.3, 0.4) is 0 Å². The molecule has 0 unspecified atom stereocenters. The molecule has 0 heterocycles. The van der Waals surface area contributed by atoms with E-state index >= 15 is 0 Å². The van der Waals surface area contributed by atoms with Crippen LogP contribution in [0.1, 0.15) is 27.2 Å². The molecule has 0 aliphatic rings. The van der Waals surface area contributed by atoms with Gasteiger partial charge in [-0.1, -0.05) is 45.0 Å². The molecule has 0 amide bonds. The molecule has 1 aromatic carbocycles. The summed E-state index contributed by atoms with van der Waals surface area (Å²) in [6, 6.07) is 9.50. The second-order valence-electron chi connectivity index (χ2n) is 6.38. The van der Waals surface area contributed by atoms with Crippen molar-refractivity contribution < 1.29 is 8.63 Å². The molecule has 1 aromatic rings. The Morgan fingerprint density at radius 2 is 1.80 bits per heavy atom. The molecule has 0 aliphatic carbocycles. The summed E-state index contributed by atoms with van der Waals surface area (Å²) < 4.78 is 18.0. The van der Waals surface area contributed by atoms with Crippen LogP contribution in [0.25, 0.3) is 0 Å². The molecule has 1 rings (SSSR count). The van der Waals surface area contributed by atoms with Gasteiger partial charge in [-0.15, -0.1) is 0 Å². The lowest BCUT2D eigenvalue weighted by molar-refractivity contribution is 0.294. The van der Waals surface area contributed by atoms with Crippen molar-refractivity contribution in [1.82, 2.24) is 0 Å². The van der Waals surface area contributed by atoms with E-state index in [0.717, 1.165) is 11.3 Å². The zero-order valence-electron chi connectivity index (χ0n) is 13.2. The van der Waals surface area contributed by atoms with Crippen molar-refractivity contribution in [3.63, 3.8) is 0 Å². The van der Waals surface area contributed by atoms with E-state index < -0.39 is 19.1 Å². The van der Waals surface area contributed by atoms with E-state index in [1.807, 2.05) is 36.4 Å². The predicted molar refractivity (Wildman–Crippen MR) is 89.8 cm³/mol. The van der Waals surface area contributed by atoms with Gasteiger partial charge in [-0.25, -0.2) is 4.21 Å². The molecule has 20 heavy (non-hydrogen) atoms. The molecule has 0 aromatic heterocycles. The first-order valence-electron chi connectivity index (χ1n) is 7.00. The van der Waals surface area contributed by atoms with Crippen molar-refractivity contribution in [2.45, 2.75) is 50.2 Å². The fourth-order valence-corrected chi connectivity index (χ4v) is 3.34. The van der Waals surface area contributed by atoms with Crippen LogP contribution < -0.4 is 0 Å². The quantitative estimate of drug-likeness (QED) is 0.561. The van der Waals surface area contributed by atoms with Gasteiger partial charge in [0.1, 0.15) is 0 Å². The molecule has 2 nitrogen and oxygen atoms in total. The maximum Gasteiger partial charge on any atom is 0.191 e. The Balaban J connectivity index is 2.38. The minimum atomic E-state index is -1.66. The zero-order chi connectivity index (χ0) is 15.2. The highest BCUT2D eigenvalue weighted by atomic mass is 32.2. The van der Waals surface area contributed by atoms with Crippen molar-refractivity contribution in [3.8, 4) is 0 Å². The van der Waals surface area contributed by atoms with Crippen LogP contribution in [0, 0.1) is 0 Å². The van der Waals surface area contributed by atoms with Gasteiger partial charge in [0.2, 0.25) is 0 Å². The van der Waals surface area contributed by atoms with Crippen molar-refractivity contribution in [2.75, 3.05) is 6.61 Å². The molecule has 0 radical (unpaired) electrons. The lowest BCUT2D eigenvalue weighted by Crippen LogP contribution is -2.40. The normalized spacial score (nSPS) is 14.7. The molecular formula is C16H26O2SSi. The molecule has 0 N–H and O–H groups in total. The smallest absolute Gasteiger partial charge is 0.191 e. The largest absolute Gasteiger partial charge is 0.417 e. The van der Waals surface area contributed by atoms with Crippen LogP contribution in [0.15, 0.2) is 46.7 Å². The van der Waals surface area contributed by atoms with Crippen LogP contribution in [0.2, 0.25) is 18.1 Å². The molecule has 0 spiro atoms. The van der Waals surface area contributed by atoms with Crippen molar-refractivity contribution in [1.29, 1.82) is 0 Å². The Kier molecular flexibility index (Phi) is 6.36. The summed E-state index contributed by atoms with van der Waals surface area (Å²) in [5, 5.41) is 1.99. The summed E-state index contributed by atoms with van der Waals surface area (Å²) in [6.45, 7) is 11.9. The van der Waals surface area contributed by atoms with Gasteiger partial charge in [0, 0.05) is 16.9 Å². The van der Waals surface area contributed by atoms with Gasteiger partial charge in [-0.2, -0.15) is 0 Å². The van der Waals surface area contributed by atoms with E-state index in [0.29, 0.717) is 6.61 Å². The fourth-order valence-electron chi connectivity index (χ4n) is 1.39. The summed E-state index contributed by atoms with van der Waals surface area (Å²) in [4.78, 5) is 0.842. The molecule has 112 valence electrons. The Bertz CT molecular complexity index is 461. The zero-order valence-corrected chi connectivity index (χ0v) is 15.0. The first kappa shape index (κ1) is 17.3. The molecule has 0 bridgehead atoms. The lowest BCUT2D eigenvalue weighted by atomic mass is 10.2. The number of hydrogen-bond acceptors (Lipinski definition) is 2. The maximum absolute atomic E-state index is 12.0. The highest BCUT2D eigenvalue weighted by Crippen LogP contribution is 2.36. The second-order valence-corrected chi connectivity index (χ2v) is 12.5. The Labute approximate surface area is 126 Å². The third-order valence-electron chi connectivity index (χ3n) is 3.75. The highest BCUT2D eigenvalue weighted by Gasteiger charge is 2.36. The fraction of sp³-hybridized carbons (Fsp3) is 0.500. The van der Waals surface area contributed by atoms with Crippen molar-refractivity contribution in [2.24, 2.45) is 0 Å². The molecule has 0 saturated heterocycles.